The molecule has 0 aromatic heterocycles. The molecule has 2 heterocycles. The first-order valence-electron chi connectivity index (χ1n) is 17.6. The average Bonchev–Trinajstić information content (AvgIpc) is 3.97. The van der Waals surface area contributed by atoms with Gasteiger partial charge < -0.3 is 29.7 Å². The van der Waals surface area contributed by atoms with Crippen LogP contribution in [0.15, 0.2) is 43.0 Å². The third kappa shape index (κ3) is 9.02. The topological polar surface area (TPSA) is 207 Å². The minimum atomic E-state index is -3.99. The number of nitrogens with zero attached hydrogens (tertiary/aromatic N) is 2. The second kappa shape index (κ2) is 15.4. The number of rotatable bonds is 12. The largest absolute Gasteiger partial charge is 0.457 e. The van der Waals surface area contributed by atoms with E-state index >= 15 is 0 Å². The molecule has 3 N–H and O–H groups in total. The van der Waals surface area contributed by atoms with Gasteiger partial charge in [-0.15, -0.1) is 6.58 Å². The molecule has 5 amide bonds. The van der Waals surface area contributed by atoms with E-state index in [0.717, 1.165) is 11.0 Å². The summed E-state index contributed by atoms with van der Waals surface area (Å²) in [6.07, 6.45) is 0.182. The van der Waals surface area contributed by atoms with E-state index < -0.39 is 98.3 Å². The normalized spacial score (nSPS) is 24.5. The van der Waals surface area contributed by atoms with E-state index in [1.165, 1.54) is 36.1 Å². The number of allylic oxidation sites excluding steroid dienone is 1. The van der Waals surface area contributed by atoms with Crippen molar-refractivity contribution in [3.8, 4) is 0 Å². The Labute approximate surface area is 312 Å². The summed E-state index contributed by atoms with van der Waals surface area (Å²) in [6, 6.07) is 1.44. The van der Waals surface area contributed by atoms with Gasteiger partial charge >= 0.3 is 18.2 Å². The zero-order valence-corrected chi connectivity index (χ0v) is 31.6. The lowest BCUT2D eigenvalue weighted by atomic mass is 10.1. The van der Waals surface area contributed by atoms with Crippen LogP contribution in [0.25, 0.3) is 0 Å². The number of sulfonamides is 1. The molecule has 5 rings (SSSR count). The summed E-state index contributed by atoms with van der Waals surface area (Å²) in [7, 11) is -3.99. The van der Waals surface area contributed by atoms with Gasteiger partial charge in [-0.1, -0.05) is 24.3 Å². The fourth-order valence-electron chi connectivity index (χ4n) is 6.54. The zero-order chi connectivity index (χ0) is 39.7. The Morgan fingerprint density at radius 1 is 1.11 bits per heavy atom. The number of fused-ring (bicyclic) bond motifs is 1. The summed E-state index contributed by atoms with van der Waals surface area (Å²) in [6.45, 7) is 11.0. The van der Waals surface area contributed by atoms with Crippen LogP contribution < -0.4 is 15.4 Å². The highest BCUT2D eigenvalue weighted by Crippen LogP contribution is 2.45. The molecule has 2 aliphatic heterocycles. The van der Waals surface area contributed by atoms with Crippen molar-refractivity contribution < 1.29 is 55.8 Å². The number of halogens is 1. The first-order chi connectivity index (χ1) is 25.3. The highest BCUT2D eigenvalue weighted by atomic mass is 32.2. The number of likely N-dealkylation sites (tertiary alicyclic amines) is 1. The molecule has 4 aliphatic rings. The van der Waals surface area contributed by atoms with Crippen molar-refractivity contribution >= 4 is 45.9 Å². The van der Waals surface area contributed by atoms with Crippen molar-refractivity contribution in [1.82, 2.24) is 25.2 Å². The third-order valence-electron chi connectivity index (χ3n) is 9.56. The molecular weight excluding hydrogens is 729 g/mol. The molecule has 0 spiro atoms. The maximum Gasteiger partial charge on any atom is 0.410 e. The first-order valence-corrected chi connectivity index (χ1v) is 19.2. The van der Waals surface area contributed by atoms with E-state index in [1.54, 1.807) is 33.8 Å². The number of hydrogen-bond acceptors (Lipinski definition) is 11. The van der Waals surface area contributed by atoms with Gasteiger partial charge in [0.25, 0.3) is 5.91 Å². The van der Waals surface area contributed by atoms with E-state index in [1.807, 2.05) is 0 Å². The summed E-state index contributed by atoms with van der Waals surface area (Å²) in [5.74, 6) is -4.69. The number of carbonyl (C=O) groups is 6. The molecular formula is C36H46FN5O11S. The molecule has 18 heteroatoms. The van der Waals surface area contributed by atoms with Gasteiger partial charge in [0.2, 0.25) is 21.8 Å². The maximum absolute atomic E-state index is 14.4. The van der Waals surface area contributed by atoms with Crippen molar-refractivity contribution in [2.24, 2.45) is 5.92 Å². The predicted octanol–water partition coefficient (Wildman–Crippen LogP) is 2.32. The monoisotopic (exact) mass is 775 g/mol. The predicted molar refractivity (Wildman–Crippen MR) is 189 cm³/mol. The van der Waals surface area contributed by atoms with E-state index in [2.05, 4.69) is 21.9 Å². The molecule has 2 aliphatic carbocycles. The lowest BCUT2D eigenvalue weighted by molar-refractivity contribution is -0.150. The van der Waals surface area contributed by atoms with Gasteiger partial charge in [-0.3, -0.25) is 24.0 Å². The molecule has 294 valence electrons. The van der Waals surface area contributed by atoms with Crippen molar-refractivity contribution in [2.75, 3.05) is 6.54 Å². The minimum Gasteiger partial charge on any atom is -0.457 e. The van der Waals surface area contributed by atoms with Crippen LogP contribution in [0.1, 0.15) is 71.4 Å². The fraction of sp³-hybridized carbons (Fsp3) is 0.556. The van der Waals surface area contributed by atoms with Crippen molar-refractivity contribution in [3.05, 3.63) is 60.0 Å². The van der Waals surface area contributed by atoms with Crippen LogP contribution in [-0.4, -0.2) is 101 Å². The SMILES string of the molecule is C=C[C@@H]1C[C@]1(NC(=O)[C@@H]1CC(OC(=O)N2Cc3cccc(F)c3C2)CN1C(=O)[C@@H](NC(=O)OC(C)(C)C)[C@@H](C)OC(=O)/C=C/C)C(=O)NS(=O)(=O)C1CC1. The summed E-state index contributed by atoms with van der Waals surface area (Å²) >= 11 is 0. The molecule has 16 nitrogen and oxygen atoms in total. The van der Waals surface area contributed by atoms with Crippen LogP contribution in [-0.2, 0) is 56.5 Å². The number of esters is 1. The highest BCUT2D eigenvalue weighted by molar-refractivity contribution is 7.91. The lowest BCUT2D eigenvalue weighted by Crippen LogP contribution is -2.60. The number of nitrogens with one attached hydrogen (secondary N) is 3. The molecule has 3 fully saturated rings. The zero-order valence-electron chi connectivity index (χ0n) is 30.8. The number of hydrogen-bond donors (Lipinski definition) is 3. The number of alkyl carbamates (subject to hydrolysis) is 1. The Hall–Kier alpha value is -5.00. The standard InChI is InChI=1S/C36H46FN5O11S/c1-7-10-28(43)51-20(3)29(38-33(47)53-35(4,5)6)31(45)42-18-23(52-34(48)41-17-21-11-9-12-26(37)25(21)19-41)15-27(42)30(44)39-36(16-22(36)8-2)32(46)40-54(49,50)24-13-14-24/h7-12,20,22-24,27,29H,2,13-19H2,1,3-6H3,(H,38,47)(H,39,44)(H,40,46)/b10-7+/t20-,22-,23?,27+,29+,36-/m1/s1. The van der Waals surface area contributed by atoms with Crippen molar-refractivity contribution in [3.63, 3.8) is 0 Å². The minimum absolute atomic E-state index is 0.0280. The van der Waals surface area contributed by atoms with Crippen LogP contribution in [0, 0.1) is 11.7 Å². The van der Waals surface area contributed by atoms with Crippen LogP contribution >= 0.6 is 0 Å². The summed E-state index contributed by atoms with van der Waals surface area (Å²) in [5, 5.41) is 4.35. The van der Waals surface area contributed by atoms with E-state index in [0.29, 0.717) is 24.0 Å². The molecule has 1 aromatic carbocycles. The molecule has 54 heavy (non-hydrogen) atoms. The van der Waals surface area contributed by atoms with E-state index in [-0.39, 0.29) is 32.5 Å². The van der Waals surface area contributed by atoms with Gasteiger partial charge in [0, 0.05) is 30.5 Å². The molecule has 1 saturated heterocycles. The van der Waals surface area contributed by atoms with E-state index in [4.69, 9.17) is 14.2 Å². The molecule has 2 saturated carbocycles. The van der Waals surface area contributed by atoms with Gasteiger partial charge in [0.15, 0.2) is 0 Å². The smallest absolute Gasteiger partial charge is 0.410 e. The Balaban J connectivity index is 1.41. The Kier molecular flexibility index (Phi) is 11.5. The maximum atomic E-state index is 14.4. The van der Waals surface area contributed by atoms with Crippen LogP contribution in [0.2, 0.25) is 0 Å². The van der Waals surface area contributed by atoms with Gasteiger partial charge in [-0.05, 0) is 65.5 Å². The second-order valence-corrected chi connectivity index (χ2v) is 16.9. The average molecular weight is 776 g/mol. The van der Waals surface area contributed by atoms with Gasteiger partial charge in [-0.25, -0.2) is 27.2 Å². The summed E-state index contributed by atoms with van der Waals surface area (Å²) in [4.78, 5) is 83.0. The van der Waals surface area contributed by atoms with Crippen LogP contribution in [0.3, 0.4) is 0 Å². The van der Waals surface area contributed by atoms with Crippen LogP contribution in [0.4, 0.5) is 14.0 Å². The molecule has 6 atom stereocenters. The van der Waals surface area contributed by atoms with Crippen LogP contribution in [0.5, 0.6) is 0 Å². The Bertz CT molecular complexity index is 1860. The van der Waals surface area contributed by atoms with Gasteiger partial charge in [-0.2, -0.15) is 0 Å². The molecule has 1 unspecified atom stereocenters. The second-order valence-electron chi connectivity index (χ2n) is 14.9. The fourth-order valence-corrected chi connectivity index (χ4v) is 7.90. The summed E-state index contributed by atoms with van der Waals surface area (Å²) in [5.41, 5.74) is -1.75. The van der Waals surface area contributed by atoms with Gasteiger partial charge in [0.05, 0.1) is 18.3 Å². The Morgan fingerprint density at radius 2 is 1.81 bits per heavy atom. The third-order valence-corrected chi connectivity index (χ3v) is 11.4. The Morgan fingerprint density at radius 3 is 2.41 bits per heavy atom. The van der Waals surface area contributed by atoms with Crippen molar-refractivity contribution in [2.45, 2.75) is 114 Å². The van der Waals surface area contributed by atoms with Crippen molar-refractivity contribution in [1.29, 1.82) is 0 Å². The van der Waals surface area contributed by atoms with E-state index in [9.17, 15) is 41.6 Å². The molecule has 0 radical (unpaired) electrons. The quantitative estimate of drug-likeness (QED) is 0.122. The number of amides is 5. The molecule has 1 aromatic rings. The summed E-state index contributed by atoms with van der Waals surface area (Å²) < 4.78 is 58.3. The lowest BCUT2D eigenvalue weighted by Gasteiger charge is -2.32. The number of ether oxygens (including phenoxy) is 3. The van der Waals surface area contributed by atoms with Gasteiger partial charge in [0.1, 0.15) is 41.2 Å². The number of benzene rings is 1. The molecule has 0 bridgehead atoms. The highest BCUT2D eigenvalue weighted by Gasteiger charge is 2.62. The number of carbonyl (C=O) groups excluding carboxylic acids is 6. The first kappa shape index (κ1) is 40.2.